The first-order valence-electron chi connectivity index (χ1n) is 6.28. The number of hydrogen-bond donors (Lipinski definition) is 0. The highest BCUT2D eigenvalue weighted by molar-refractivity contribution is 5.06. The van der Waals surface area contributed by atoms with E-state index < -0.39 is 0 Å². The van der Waals surface area contributed by atoms with Crippen LogP contribution in [0.15, 0.2) is 24.2 Å². The van der Waals surface area contributed by atoms with Crippen LogP contribution in [0.3, 0.4) is 0 Å². The Morgan fingerprint density at radius 1 is 1.25 bits per heavy atom. The highest BCUT2D eigenvalue weighted by Crippen LogP contribution is 2.32. The Bertz CT molecular complexity index is 231. The maximum absolute atomic E-state index is 5.16. The zero-order chi connectivity index (χ0) is 11.6. The molecule has 2 nitrogen and oxygen atoms in total. The molecule has 0 bridgehead atoms. The Morgan fingerprint density at radius 3 is 2.88 bits per heavy atom. The summed E-state index contributed by atoms with van der Waals surface area (Å²) in [5.41, 5.74) is 1.52. The van der Waals surface area contributed by atoms with Crippen molar-refractivity contribution in [1.29, 1.82) is 0 Å². The van der Waals surface area contributed by atoms with Crippen molar-refractivity contribution < 1.29 is 9.47 Å². The third-order valence-corrected chi connectivity index (χ3v) is 3.22. The summed E-state index contributed by atoms with van der Waals surface area (Å²) in [6.45, 7) is 0. The van der Waals surface area contributed by atoms with Crippen LogP contribution in [0.5, 0.6) is 0 Å². The highest BCUT2D eigenvalue weighted by atomic mass is 16.5. The van der Waals surface area contributed by atoms with Gasteiger partial charge in [0.2, 0.25) is 0 Å². The van der Waals surface area contributed by atoms with Crippen LogP contribution in [-0.4, -0.2) is 14.2 Å². The van der Waals surface area contributed by atoms with Crippen molar-refractivity contribution in [3.8, 4) is 0 Å². The normalized spacial score (nSPS) is 23.9. The summed E-state index contributed by atoms with van der Waals surface area (Å²) in [4.78, 5) is 0. The van der Waals surface area contributed by atoms with Gasteiger partial charge in [-0.15, -0.1) is 0 Å². The van der Waals surface area contributed by atoms with Gasteiger partial charge in [0.25, 0.3) is 0 Å². The average molecular weight is 224 g/mol. The molecule has 0 amide bonds. The van der Waals surface area contributed by atoms with Crippen LogP contribution in [0.4, 0.5) is 0 Å². The van der Waals surface area contributed by atoms with E-state index in [0.29, 0.717) is 0 Å². The van der Waals surface area contributed by atoms with Crippen LogP contribution in [0, 0.1) is 5.92 Å². The van der Waals surface area contributed by atoms with E-state index in [9.17, 15) is 0 Å². The van der Waals surface area contributed by atoms with Gasteiger partial charge < -0.3 is 9.47 Å². The van der Waals surface area contributed by atoms with Crippen molar-refractivity contribution >= 4 is 0 Å². The maximum atomic E-state index is 5.16. The zero-order valence-corrected chi connectivity index (χ0v) is 10.6. The van der Waals surface area contributed by atoms with Crippen LogP contribution in [0.25, 0.3) is 0 Å². The van der Waals surface area contributed by atoms with E-state index in [2.05, 4.69) is 6.08 Å². The number of hydrogen-bond acceptors (Lipinski definition) is 2. The van der Waals surface area contributed by atoms with Gasteiger partial charge in [0.1, 0.15) is 0 Å². The van der Waals surface area contributed by atoms with Gasteiger partial charge in [-0.05, 0) is 56.1 Å². The number of methoxy groups -OCH3 is 2. The molecule has 1 saturated carbocycles. The quantitative estimate of drug-likeness (QED) is 0.501. The molecular formula is C14H24O2. The number of allylic oxidation sites excluding steroid dienone is 2. The van der Waals surface area contributed by atoms with E-state index in [4.69, 9.17) is 9.47 Å². The number of rotatable bonds is 6. The SMILES string of the molecule is CO/C=C/CCCC1CCCC/C1=C\OC. The summed E-state index contributed by atoms with van der Waals surface area (Å²) in [6.07, 6.45) is 14.7. The maximum Gasteiger partial charge on any atom is 0.0819 e. The standard InChI is InChI=1S/C14H24O2/c1-15-11-7-3-4-8-13-9-5-6-10-14(13)12-16-2/h7,11-13H,3-6,8-10H2,1-2H3/b11-7+,14-12+. The number of unbranched alkanes of at least 4 members (excludes halogenated alkanes) is 1. The summed E-state index contributed by atoms with van der Waals surface area (Å²) in [6, 6.07) is 0. The van der Waals surface area contributed by atoms with E-state index >= 15 is 0 Å². The Labute approximate surface area is 99.3 Å². The van der Waals surface area contributed by atoms with E-state index in [1.165, 1.54) is 44.1 Å². The lowest BCUT2D eigenvalue weighted by molar-refractivity contribution is 0.313. The molecule has 1 atom stereocenters. The van der Waals surface area contributed by atoms with Gasteiger partial charge in [0.15, 0.2) is 0 Å². The molecule has 0 heterocycles. The van der Waals surface area contributed by atoms with E-state index in [0.717, 1.165) is 12.3 Å². The molecule has 0 radical (unpaired) electrons. The molecule has 0 aromatic rings. The molecule has 1 unspecified atom stereocenters. The molecule has 0 N–H and O–H groups in total. The average Bonchev–Trinajstić information content (AvgIpc) is 2.31. The Balaban J connectivity index is 2.27. The van der Waals surface area contributed by atoms with Crippen molar-refractivity contribution in [1.82, 2.24) is 0 Å². The Hall–Kier alpha value is -0.920. The van der Waals surface area contributed by atoms with Crippen LogP contribution < -0.4 is 0 Å². The van der Waals surface area contributed by atoms with Gasteiger partial charge in [-0.2, -0.15) is 0 Å². The van der Waals surface area contributed by atoms with E-state index in [-0.39, 0.29) is 0 Å². The second kappa shape index (κ2) is 8.26. The molecule has 0 aliphatic heterocycles. The Kier molecular flexibility index (Phi) is 6.78. The van der Waals surface area contributed by atoms with Crippen molar-refractivity contribution in [3.63, 3.8) is 0 Å². The van der Waals surface area contributed by atoms with Crippen LogP contribution >= 0.6 is 0 Å². The monoisotopic (exact) mass is 224 g/mol. The van der Waals surface area contributed by atoms with Crippen molar-refractivity contribution in [2.24, 2.45) is 5.92 Å². The molecule has 0 spiro atoms. The van der Waals surface area contributed by atoms with Gasteiger partial charge in [0, 0.05) is 0 Å². The lowest BCUT2D eigenvalue weighted by Crippen LogP contribution is -2.10. The minimum atomic E-state index is 0.754. The molecule has 0 saturated heterocycles. The molecule has 1 rings (SSSR count). The molecule has 16 heavy (non-hydrogen) atoms. The summed E-state index contributed by atoms with van der Waals surface area (Å²) in [7, 11) is 3.44. The second-order valence-electron chi connectivity index (χ2n) is 4.41. The molecule has 0 aromatic carbocycles. The van der Waals surface area contributed by atoms with Crippen molar-refractivity contribution in [2.75, 3.05) is 14.2 Å². The molecule has 0 aromatic heterocycles. The van der Waals surface area contributed by atoms with E-state index in [1.54, 1.807) is 20.5 Å². The predicted molar refractivity (Wildman–Crippen MR) is 67.1 cm³/mol. The first-order chi connectivity index (χ1) is 7.88. The Morgan fingerprint density at radius 2 is 2.12 bits per heavy atom. The molecular weight excluding hydrogens is 200 g/mol. The van der Waals surface area contributed by atoms with Crippen LogP contribution in [0.2, 0.25) is 0 Å². The van der Waals surface area contributed by atoms with E-state index in [1.807, 2.05) is 6.26 Å². The summed E-state index contributed by atoms with van der Waals surface area (Å²) >= 11 is 0. The third kappa shape index (κ3) is 4.73. The van der Waals surface area contributed by atoms with Gasteiger partial charge >= 0.3 is 0 Å². The largest absolute Gasteiger partial charge is 0.505 e. The topological polar surface area (TPSA) is 18.5 Å². The zero-order valence-electron chi connectivity index (χ0n) is 10.6. The fourth-order valence-corrected chi connectivity index (χ4v) is 2.39. The highest BCUT2D eigenvalue weighted by Gasteiger charge is 2.18. The van der Waals surface area contributed by atoms with Gasteiger partial charge in [-0.1, -0.05) is 6.42 Å². The predicted octanol–water partition coefficient (Wildman–Crippen LogP) is 4.04. The van der Waals surface area contributed by atoms with Crippen molar-refractivity contribution in [2.45, 2.75) is 44.9 Å². The van der Waals surface area contributed by atoms with Gasteiger partial charge in [-0.3, -0.25) is 0 Å². The lowest BCUT2D eigenvalue weighted by Gasteiger charge is -2.24. The molecule has 1 aliphatic rings. The summed E-state index contributed by atoms with van der Waals surface area (Å²) in [5, 5.41) is 0. The summed E-state index contributed by atoms with van der Waals surface area (Å²) in [5.74, 6) is 0.754. The third-order valence-electron chi connectivity index (χ3n) is 3.22. The first-order valence-corrected chi connectivity index (χ1v) is 6.28. The molecule has 92 valence electrons. The molecule has 2 heteroatoms. The van der Waals surface area contributed by atoms with Gasteiger partial charge in [-0.25, -0.2) is 0 Å². The minimum Gasteiger partial charge on any atom is -0.505 e. The summed E-state index contributed by atoms with van der Waals surface area (Å²) < 4.78 is 10.0. The fourth-order valence-electron chi connectivity index (χ4n) is 2.39. The smallest absolute Gasteiger partial charge is 0.0819 e. The van der Waals surface area contributed by atoms with Gasteiger partial charge in [0.05, 0.1) is 26.7 Å². The van der Waals surface area contributed by atoms with Crippen LogP contribution in [-0.2, 0) is 9.47 Å². The number of ether oxygens (including phenoxy) is 2. The van der Waals surface area contributed by atoms with Crippen LogP contribution in [0.1, 0.15) is 44.9 Å². The lowest BCUT2D eigenvalue weighted by atomic mass is 9.82. The molecule has 1 fully saturated rings. The second-order valence-corrected chi connectivity index (χ2v) is 4.41. The minimum absolute atomic E-state index is 0.754. The van der Waals surface area contributed by atoms with Crippen molar-refractivity contribution in [3.05, 3.63) is 24.2 Å². The molecule has 1 aliphatic carbocycles. The first kappa shape index (κ1) is 13.1. The fraction of sp³-hybridized carbons (Fsp3) is 0.714.